The van der Waals surface area contributed by atoms with Crippen molar-refractivity contribution in [2.75, 3.05) is 32.5 Å². The first-order valence-corrected chi connectivity index (χ1v) is 11.7. The number of imidazole rings is 1. The SMILES string of the molecule is Cc1ncn(C2CN(C)C2)c1NC(=O)[C@@H]1CCC[C@H](N(C)C(=O)c2cccc(OC(F)(F)F)c2)C1. The number of amides is 2. The molecule has 1 aromatic heterocycles. The van der Waals surface area contributed by atoms with Gasteiger partial charge in [-0.05, 0) is 51.4 Å². The standard InChI is InChI=1S/C24H30F3N5O3/c1-15-21(32(14-28-15)19-12-30(2)13-19)29-22(33)16-6-4-8-18(10-16)31(3)23(34)17-7-5-9-20(11-17)35-24(25,26)27/h5,7,9,11,14,16,18-19H,4,6,8,10,12-13H2,1-3H3,(H,29,33)/t16-,18+/m1/s1. The van der Waals surface area contributed by atoms with E-state index in [0.29, 0.717) is 18.7 Å². The van der Waals surface area contributed by atoms with Crippen LogP contribution in [-0.4, -0.2) is 70.8 Å². The van der Waals surface area contributed by atoms with Gasteiger partial charge in [0.05, 0.1) is 18.1 Å². The number of hydrogen-bond acceptors (Lipinski definition) is 5. The molecule has 1 aliphatic carbocycles. The molecular formula is C24H30F3N5O3. The lowest BCUT2D eigenvalue weighted by molar-refractivity contribution is -0.274. The van der Waals surface area contributed by atoms with Crippen LogP contribution in [0.2, 0.25) is 0 Å². The molecule has 190 valence electrons. The predicted octanol–water partition coefficient (Wildman–Crippen LogP) is 3.85. The lowest BCUT2D eigenvalue weighted by Gasteiger charge is -2.38. The second kappa shape index (κ2) is 9.88. The topological polar surface area (TPSA) is 79.7 Å². The maximum atomic E-state index is 13.2. The fourth-order valence-electron chi connectivity index (χ4n) is 4.90. The molecule has 1 N–H and O–H groups in total. The molecule has 35 heavy (non-hydrogen) atoms. The van der Waals surface area contributed by atoms with E-state index in [4.69, 9.17) is 0 Å². The molecule has 0 spiro atoms. The Bertz CT molecular complexity index is 1080. The second-order valence-corrected chi connectivity index (χ2v) is 9.46. The minimum atomic E-state index is -4.83. The minimum Gasteiger partial charge on any atom is -0.406 e. The van der Waals surface area contributed by atoms with E-state index < -0.39 is 18.0 Å². The van der Waals surface area contributed by atoms with Crippen LogP contribution in [0, 0.1) is 12.8 Å². The summed E-state index contributed by atoms with van der Waals surface area (Å²) in [5.41, 5.74) is 0.860. The molecule has 11 heteroatoms. The Hall–Kier alpha value is -3.08. The zero-order chi connectivity index (χ0) is 25.3. The van der Waals surface area contributed by atoms with Gasteiger partial charge in [0.2, 0.25) is 5.91 Å². The molecular weight excluding hydrogens is 463 g/mol. The Balaban J connectivity index is 1.40. The first kappa shape index (κ1) is 25.0. The second-order valence-electron chi connectivity index (χ2n) is 9.46. The summed E-state index contributed by atoms with van der Waals surface area (Å²) in [5, 5.41) is 3.06. The molecule has 1 saturated carbocycles. The van der Waals surface area contributed by atoms with Gasteiger partial charge in [-0.15, -0.1) is 13.2 Å². The number of aromatic nitrogens is 2. The van der Waals surface area contributed by atoms with Crippen molar-refractivity contribution in [3.63, 3.8) is 0 Å². The van der Waals surface area contributed by atoms with E-state index >= 15 is 0 Å². The Morgan fingerprint density at radius 1 is 1.23 bits per heavy atom. The van der Waals surface area contributed by atoms with E-state index in [2.05, 4.69) is 19.9 Å². The monoisotopic (exact) mass is 493 g/mol. The third-order valence-electron chi connectivity index (χ3n) is 6.86. The molecule has 2 amide bonds. The average Bonchev–Trinajstić information content (AvgIpc) is 3.14. The van der Waals surface area contributed by atoms with Crippen molar-refractivity contribution >= 4 is 17.6 Å². The normalized spacial score (nSPS) is 21.3. The summed E-state index contributed by atoms with van der Waals surface area (Å²) in [6, 6.07) is 5.12. The quantitative estimate of drug-likeness (QED) is 0.662. The van der Waals surface area contributed by atoms with E-state index in [-0.39, 0.29) is 29.5 Å². The largest absolute Gasteiger partial charge is 0.573 e. The molecule has 1 saturated heterocycles. The summed E-state index contributed by atoms with van der Waals surface area (Å²) < 4.78 is 43.6. The Morgan fingerprint density at radius 2 is 1.97 bits per heavy atom. The summed E-state index contributed by atoms with van der Waals surface area (Å²) in [6.45, 7) is 3.65. The van der Waals surface area contributed by atoms with Crippen molar-refractivity contribution < 1.29 is 27.5 Å². The number of ether oxygens (including phenoxy) is 1. The van der Waals surface area contributed by atoms with Gasteiger partial charge in [-0.1, -0.05) is 12.5 Å². The van der Waals surface area contributed by atoms with Gasteiger partial charge in [0, 0.05) is 37.7 Å². The Labute approximate surface area is 202 Å². The van der Waals surface area contributed by atoms with E-state index in [1.54, 1.807) is 13.4 Å². The van der Waals surface area contributed by atoms with Crippen molar-refractivity contribution in [3.05, 3.63) is 41.9 Å². The maximum Gasteiger partial charge on any atom is 0.573 e. The van der Waals surface area contributed by atoms with Gasteiger partial charge in [-0.3, -0.25) is 9.59 Å². The van der Waals surface area contributed by atoms with E-state index in [0.717, 1.165) is 43.8 Å². The number of benzene rings is 1. The lowest BCUT2D eigenvalue weighted by atomic mass is 9.84. The zero-order valence-corrected chi connectivity index (χ0v) is 20.0. The summed E-state index contributed by atoms with van der Waals surface area (Å²) >= 11 is 0. The van der Waals surface area contributed by atoms with E-state index in [1.165, 1.54) is 17.0 Å². The molecule has 8 nitrogen and oxygen atoms in total. The van der Waals surface area contributed by atoms with Crippen LogP contribution in [0.1, 0.15) is 47.8 Å². The number of likely N-dealkylation sites (tertiary alicyclic amines) is 1. The first-order valence-electron chi connectivity index (χ1n) is 11.7. The van der Waals surface area contributed by atoms with Gasteiger partial charge in [0.25, 0.3) is 5.91 Å². The van der Waals surface area contributed by atoms with Crippen molar-refractivity contribution in [1.29, 1.82) is 0 Å². The zero-order valence-electron chi connectivity index (χ0n) is 20.0. The number of carbonyl (C=O) groups excluding carboxylic acids is 2. The van der Waals surface area contributed by atoms with Crippen LogP contribution in [-0.2, 0) is 4.79 Å². The summed E-state index contributed by atoms with van der Waals surface area (Å²) in [5.74, 6) is -0.528. The molecule has 2 aromatic rings. The van der Waals surface area contributed by atoms with Gasteiger partial charge >= 0.3 is 6.36 Å². The number of carbonyl (C=O) groups is 2. The van der Waals surface area contributed by atoms with Gasteiger partial charge in [0.15, 0.2) is 0 Å². The molecule has 4 rings (SSSR count). The van der Waals surface area contributed by atoms with Crippen LogP contribution in [0.25, 0.3) is 0 Å². The van der Waals surface area contributed by atoms with Crippen molar-refractivity contribution in [2.24, 2.45) is 5.92 Å². The third kappa shape index (κ3) is 5.77. The Kier molecular flexibility index (Phi) is 7.07. The highest BCUT2D eigenvalue weighted by Gasteiger charge is 2.34. The van der Waals surface area contributed by atoms with Crippen LogP contribution in [0.5, 0.6) is 5.75 Å². The van der Waals surface area contributed by atoms with Crippen molar-refractivity contribution in [1.82, 2.24) is 19.4 Å². The Morgan fingerprint density at radius 3 is 2.66 bits per heavy atom. The highest BCUT2D eigenvalue weighted by molar-refractivity contribution is 5.95. The van der Waals surface area contributed by atoms with Crippen molar-refractivity contribution in [3.8, 4) is 5.75 Å². The number of likely N-dealkylation sites (N-methyl/N-ethyl adjacent to an activating group) is 1. The fourth-order valence-corrected chi connectivity index (χ4v) is 4.90. The number of hydrogen-bond donors (Lipinski definition) is 1. The number of aryl methyl sites for hydroxylation is 1. The molecule has 2 fully saturated rings. The number of alkyl halides is 3. The van der Waals surface area contributed by atoms with Crippen LogP contribution in [0.4, 0.5) is 19.0 Å². The number of rotatable bonds is 6. The summed E-state index contributed by atoms with van der Waals surface area (Å²) in [4.78, 5) is 34.2. The minimum absolute atomic E-state index is 0.103. The molecule has 0 radical (unpaired) electrons. The summed E-state index contributed by atoms with van der Waals surface area (Å²) in [7, 11) is 3.66. The fraction of sp³-hybridized carbons (Fsp3) is 0.542. The molecule has 0 unspecified atom stereocenters. The van der Waals surface area contributed by atoms with Gasteiger partial charge in [-0.2, -0.15) is 0 Å². The smallest absolute Gasteiger partial charge is 0.406 e. The highest BCUT2D eigenvalue weighted by atomic mass is 19.4. The third-order valence-corrected chi connectivity index (χ3v) is 6.86. The first-order chi connectivity index (χ1) is 16.5. The molecule has 2 heterocycles. The molecule has 0 bridgehead atoms. The average molecular weight is 494 g/mol. The molecule has 1 aromatic carbocycles. The number of anilines is 1. The molecule has 1 aliphatic heterocycles. The van der Waals surface area contributed by atoms with E-state index in [9.17, 15) is 22.8 Å². The van der Waals surface area contributed by atoms with Gasteiger partial charge in [-0.25, -0.2) is 4.98 Å². The van der Waals surface area contributed by atoms with Gasteiger partial charge in [0.1, 0.15) is 11.6 Å². The molecule has 2 atom stereocenters. The maximum absolute atomic E-state index is 13.2. The molecule has 2 aliphatic rings. The van der Waals surface area contributed by atoms with Gasteiger partial charge < -0.3 is 24.4 Å². The number of nitrogens with zero attached hydrogens (tertiary/aromatic N) is 4. The number of nitrogens with one attached hydrogen (secondary N) is 1. The van der Waals surface area contributed by atoms with E-state index in [1.807, 2.05) is 18.5 Å². The highest BCUT2D eigenvalue weighted by Crippen LogP contribution is 2.31. The lowest BCUT2D eigenvalue weighted by Crippen LogP contribution is -2.45. The van der Waals surface area contributed by atoms with Crippen LogP contribution in [0.3, 0.4) is 0 Å². The van der Waals surface area contributed by atoms with Crippen molar-refractivity contribution in [2.45, 2.75) is 51.1 Å². The van der Waals surface area contributed by atoms with Crippen LogP contribution in [0.15, 0.2) is 30.6 Å². The predicted molar refractivity (Wildman–Crippen MR) is 123 cm³/mol. The summed E-state index contributed by atoms with van der Waals surface area (Å²) in [6.07, 6.45) is -0.403. The van der Waals surface area contributed by atoms with Crippen LogP contribution >= 0.6 is 0 Å². The van der Waals surface area contributed by atoms with Crippen LogP contribution < -0.4 is 10.1 Å². The number of halogens is 3.